The maximum atomic E-state index is 12.8. The molecule has 1 aliphatic heterocycles. The van der Waals surface area contributed by atoms with Crippen LogP contribution in [0.3, 0.4) is 0 Å². The Bertz CT molecular complexity index is 1030. The largest absolute Gasteiger partial charge is 0.348 e. The number of para-hydroxylation sites is 1. The van der Waals surface area contributed by atoms with Crippen LogP contribution in [0.25, 0.3) is 0 Å². The summed E-state index contributed by atoms with van der Waals surface area (Å²) in [6.45, 7) is 3.57. The second-order valence-electron chi connectivity index (χ2n) is 7.72. The number of likely N-dealkylation sites (tertiary alicyclic amines) is 1. The number of hydrogen-bond acceptors (Lipinski definition) is 4. The smallest absolute Gasteiger partial charge is 0.255 e. The van der Waals surface area contributed by atoms with Gasteiger partial charge >= 0.3 is 0 Å². The van der Waals surface area contributed by atoms with Crippen molar-refractivity contribution >= 4 is 17.5 Å². The number of nitrogens with one attached hydrogen (secondary N) is 2. The number of carbonyl (C=O) groups is 2. The molecule has 0 bridgehead atoms. The molecule has 1 fully saturated rings. The van der Waals surface area contributed by atoms with Gasteiger partial charge in [0.05, 0.1) is 11.3 Å². The van der Waals surface area contributed by atoms with E-state index in [0.717, 1.165) is 25.2 Å². The number of nitrogens with zero attached hydrogens (tertiary/aromatic N) is 2. The van der Waals surface area contributed by atoms with Crippen LogP contribution in [0.2, 0.25) is 0 Å². The van der Waals surface area contributed by atoms with Gasteiger partial charge in [-0.05, 0) is 67.4 Å². The predicted octanol–water partition coefficient (Wildman–Crippen LogP) is 3.86. The lowest BCUT2D eigenvalue weighted by molar-refractivity contribution is 0.0951. The topological polar surface area (TPSA) is 74.3 Å². The number of amides is 2. The van der Waals surface area contributed by atoms with E-state index in [9.17, 15) is 9.59 Å². The van der Waals surface area contributed by atoms with Crippen molar-refractivity contribution in [2.45, 2.75) is 25.9 Å². The Morgan fingerprint density at radius 2 is 1.65 bits per heavy atom. The van der Waals surface area contributed by atoms with Gasteiger partial charge in [0.1, 0.15) is 0 Å². The summed E-state index contributed by atoms with van der Waals surface area (Å²) in [6.07, 6.45) is 5.92. The molecule has 0 radical (unpaired) electrons. The van der Waals surface area contributed by atoms with Crippen LogP contribution in [0.1, 0.15) is 44.7 Å². The van der Waals surface area contributed by atoms with Gasteiger partial charge in [-0.1, -0.05) is 30.3 Å². The molecule has 0 spiro atoms. The molecule has 31 heavy (non-hydrogen) atoms. The third-order valence-corrected chi connectivity index (χ3v) is 5.42. The Labute approximate surface area is 182 Å². The lowest BCUT2D eigenvalue weighted by Crippen LogP contribution is -2.25. The lowest BCUT2D eigenvalue weighted by atomic mass is 10.1. The number of pyridine rings is 1. The molecule has 2 heterocycles. The summed E-state index contributed by atoms with van der Waals surface area (Å²) in [5.41, 5.74) is 3.58. The fourth-order valence-electron chi connectivity index (χ4n) is 3.73. The van der Waals surface area contributed by atoms with E-state index in [2.05, 4.69) is 20.5 Å². The van der Waals surface area contributed by atoms with E-state index in [1.165, 1.54) is 18.4 Å². The number of aromatic nitrogens is 1. The van der Waals surface area contributed by atoms with Gasteiger partial charge in [0, 0.05) is 31.0 Å². The summed E-state index contributed by atoms with van der Waals surface area (Å²) < 4.78 is 0. The standard InChI is InChI=1S/C25H26N4O2/c30-24(21-11-9-19(10-12-21)18-29-14-3-4-15-29)28-23-8-2-1-7-22(23)25(31)27-17-20-6-5-13-26-16-20/h1-2,5-13,16H,3-4,14-15,17-18H2,(H,27,31)(H,28,30). The Morgan fingerprint density at radius 1 is 0.871 bits per heavy atom. The van der Waals surface area contributed by atoms with Crippen molar-refractivity contribution in [2.75, 3.05) is 18.4 Å². The van der Waals surface area contributed by atoms with Crippen molar-refractivity contribution in [1.29, 1.82) is 0 Å². The molecule has 158 valence electrons. The van der Waals surface area contributed by atoms with Gasteiger partial charge in [0.25, 0.3) is 11.8 Å². The summed E-state index contributed by atoms with van der Waals surface area (Å²) in [5, 5.41) is 5.75. The number of benzene rings is 2. The zero-order valence-corrected chi connectivity index (χ0v) is 17.4. The Hall–Kier alpha value is -3.51. The first-order chi connectivity index (χ1) is 15.2. The summed E-state index contributed by atoms with van der Waals surface area (Å²) in [5.74, 6) is -0.485. The van der Waals surface area contributed by atoms with Crippen molar-refractivity contribution in [3.63, 3.8) is 0 Å². The molecule has 6 nitrogen and oxygen atoms in total. The lowest BCUT2D eigenvalue weighted by Gasteiger charge is -2.15. The van der Waals surface area contributed by atoms with Gasteiger partial charge < -0.3 is 10.6 Å². The van der Waals surface area contributed by atoms with Gasteiger partial charge in [0.2, 0.25) is 0 Å². The predicted molar refractivity (Wildman–Crippen MR) is 121 cm³/mol. The minimum atomic E-state index is -0.249. The average Bonchev–Trinajstić information content (AvgIpc) is 3.32. The second-order valence-corrected chi connectivity index (χ2v) is 7.72. The van der Waals surface area contributed by atoms with Crippen LogP contribution in [-0.4, -0.2) is 34.8 Å². The highest BCUT2D eigenvalue weighted by Crippen LogP contribution is 2.18. The monoisotopic (exact) mass is 414 g/mol. The molecule has 2 amide bonds. The molecule has 0 aliphatic carbocycles. The zero-order chi connectivity index (χ0) is 21.5. The molecular formula is C25H26N4O2. The van der Waals surface area contributed by atoms with Crippen LogP contribution in [-0.2, 0) is 13.1 Å². The van der Waals surface area contributed by atoms with Gasteiger partial charge in [-0.3, -0.25) is 19.5 Å². The molecule has 1 aromatic heterocycles. The van der Waals surface area contributed by atoms with E-state index < -0.39 is 0 Å². The molecular weight excluding hydrogens is 388 g/mol. The normalized spacial score (nSPS) is 13.7. The molecule has 4 rings (SSSR count). The maximum Gasteiger partial charge on any atom is 0.255 e. The van der Waals surface area contributed by atoms with Gasteiger partial charge in [0.15, 0.2) is 0 Å². The Kier molecular flexibility index (Phi) is 6.69. The number of rotatable bonds is 7. The fraction of sp³-hybridized carbons (Fsp3) is 0.240. The second kappa shape index (κ2) is 10.00. The van der Waals surface area contributed by atoms with Crippen molar-refractivity contribution < 1.29 is 9.59 Å². The number of carbonyl (C=O) groups excluding carboxylic acids is 2. The summed E-state index contributed by atoms with van der Waals surface area (Å²) >= 11 is 0. The molecule has 6 heteroatoms. The summed E-state index contributed by atoms with van der Waals surface area (Å²) in [7, 11) is 0. The van der Waals surface area contributed by atoms with Crippen LogP contribution in [0.5, 0.6) is 0 Å². The zero-order valence-electron chi connectivity index (χ0n) is 17.4. The first-order valence-electron chi connectivity index (χ1n) is 10.6. The molecule has 1 aliphatic rings. The minimum absolute atomic E-state index is 0.236. The Balaban J connectivity index is 1.39. The van der Waals surface area contributed by atoms with E-state index in [4.69, 9.17) is 0 Å². The molecule has 0 saturated carbocycles. The van der Waals surface area contributed by atoms with Crippen LogP contribution in [0, 0.1) is 0 Å². The van der Waals surface area contributed by atoms with E-state index in [0.29, 0.717) is 23.4 Å². The Morgan fingerprint density at radius 3 is 2.39 bits per heavy atom. The molecule has 2 N–H and O–H groups in total. The fourth-order valence-corrected chi connectivity index (χ4v) is 3.73. The first kappa shape index (κ1) is 20.8. The highest BCUT2D eigenvalue weighted by atomic mass is 16.2. The van der Waals surface area contributed by atoms with Gasteiger partial charge in [-0.15, -0.1) is 0 Å². The van der Waals surface area contributed by atoms with E-state index >= 15 is 0 Å². The molecule has 3 aromatic rings. The quantitative estimate of drug-likeness (QED) is 0.616. The van der Waals surface area contributed by atoms with E-state index in [1.54, 1.807) is 36.7 Å². The van der Waals surface area contributed by atoms with Crippen molar-refractivity contribution in [2.24, 2.45) is 0 Å². The van der Waals surface area contributed by atoms with Crippen LogP contribution < -0.4 is 10.6 Å². The maximum absolute atomic E-state index is 12.8. The van der Waals surface area contributed by atoms with Crippen molar-refractivity contribution in [1.82, 2.24) is 15.2 Å². The van der Waals surface area contributed by atoms with Crippen LogP contribution in [0.15, 0.2) is 73.1 Å². The highest BCUT2D eigenvalue weighted by Gasteiger charge is 2.15. The van der Waals surface area contributed by atoms with Crippen molar-refractivity contribution in [3.05, 3.63) is 95.3 Å². The van der Waals surface area contributed by atoms with Gasteiger partial charge in [-0.2, -0.15) is 0 Å². The molecule has 0 unspecified atom stereocenters. The number of anilines is 1. The SMILES string of the molecule is O=C(Nc1ccccc1C(=O)NCc1cccnc1)c1ccc(CN2CCCC2)cc1. The molecule has 1 saturated heterocycles. The first-order valence-corrected chi connectivity index (χ1v) is 10.6. The highest BCUT2D eigenvalue weighted by molar-refractivity contribution is 6.09. The third kappa shape index (κ3) is 5.55. The minimum Gasteiger partial charge on any atom is -0.348 e. The van der Waals surface area contributed by atoms with Crippen molar-refractivity contribution in [3.8, 4) is 0 Å². The van der Waals surface area contributed by atoms with Crippen LogP contribution >= 0.6 is 0 Å². The van der Waals surface area contributed by atoms with E-state index in [-0.39, 0.29) is 11.8 Å². The van der Waals surface area contributed by atoms with E-state index in [1.807, 2.05) is 36.4 Å². The molecule has 2 aromatic carbocycles. The third-order valence-electron chi connectivity index (χ3n) is 5.42. The van der Waals surface area contributed by atoms with Gasteiger partial charge in [-0.25, -0.2) is 0 Å². The summed E-state index contributed by atoms with van der Waals surface area (Å²) in [6, 6.07) is 18.4. The average molecular weight is 415 g/mol. The number of hydrogen-bond donors (Lipinski definition) is 2. The van der Waals surface area contributed by atoms with Crippen LogP contribution in [0.4, 0.5) is 5.69 Å². The summed E-state index contributed by atoms with van der Waals surface area (Å²) in [4.78, 5) is 31.9. The molecule has 0 atom stereocenters.